The molecule has 0 aliphatic carbocycles. The second kappa shape index (κ2) is 8.22. The zero-order valence-electron chi connectivity index (χ0n) is 12.7. The lowest BCUT2D eigenvalue weighted by molar-refractivity contribution is -0.885. The molecule has 116 valence electrons. The van der Waals surface area contributed by atoms with E-state index in [1.165, 1.54) is 0 Å². The molecule has 1 atom stereocenters. The fourth-order valence-corrected chi connectivity index (χ4v) is 3.04. The fraction of sp³-hybridized carbons (Fsp3) is 0.235. The molecule has 1 unspecified atom stereocenters. The van der Waals surface area contributed by atoms with E-state index < -0.39 is 0 Å². The van der Waals surface area contributed by atoms with Crippen molar-refractivity contribution in [3.05, 3.63) is 59.1 Å². The summed E-state index contributed by atoms with van der Waals surface area (Å²) in [6.07, 6.45) is 2.00. The van der Waals surface area contributed by atoms with E-state index in [1.807, 2.05) is 61.8 Å². The van der Waals surface area contributed by atoms with Gasteiger partial charge >= 0.3 is 0 Å². The van der Waals surface area contributed by atoms with Crippen molar-refractivity contribution < 1.29 is 9.69 Å². The van der Waals surface area contributed by atoms with Gasteiger partial charge in [0.05, 0.1) is 12.7 Å². The molecule has 0 saturated carbocycles. The number of quaternary nitrogens is 1. The van der Waals surface area contributed by atoms with Gasteiger partial charge in [-0.05, 0) is 30.5 Å². The third-order valence-electron chi connectivity index (χ3n) is 3.24. The van der Waals surface area contributed by atoms with Gasteiger partial charge in [0.2, 0.25) is 0 Å². The van der Waals surface area contributed by atoms with Gasteiger partial charge in [-0.1, -0.05) is 35.9 Å². The molecule has 3 nitrogen and oxygen atoms in total. The summed E-state index contributed by atoms with van der Waals surface area (Å²) in [6.45, 7) is 1.17. The Morgan fingerprint density at radius 1 is 1.23 bits per heavy atom. The highest BCUT2D eigenvalue weighted by atomic mass is 35.5. The van der Waals surface area contributed by atoms with Crippen LogP contribution in [0.5, 0.6) is 0 Å². The lowest BCUT2D eigenvalue weighted by atomic mass is 10.2. The highest BCUT2D eigenvalue weighted by Gasteiger charge is 2.12. The second-order valence-electron chi connectivity index (χ2n) is 5.19. The Morgan fingerprint density at radius 2 is 2.00 bits per heavy atom. The number of nitrogens with one attached hydrogen (secondary N) is 2. The first-order chi connectivity index (χ1) is 10.6. The summed E-state index contributed by atoms with van der Waals surface area (Å²) in [5, 5.41) is 3.71. The maximum Gasteiger partial charge on any atom is 0.279 e. The number of likely N-dealkylation sites (N-methyl/N-ethyl adjacent to an activating group) is 1. The van der Waals surface area contributed by atoms with Gasteiger partial charge in [-0.25, -0.2) is 0 Å². The quantitative estimate of drug-likeness (QED) is 0.796. The molecule has 2 N–H and O–H groups in total. The number of benzene rings is 2. The maximum atomic E-state index is 12.2. The third-order valence-corrected chi connectivity index (χ3v) is 4.27. The van der Waals surface area contributed by atoms with Crippen LogP contribution < -0.4 is 10.2 Å². The molecule has 2 rings (SSSR count). The number of para-hydroxylation sites is 1. The van der Waals surface area contributed by atoms with E-state index in [2.05, 4.69) is 5.32 Å². The van der Waals surface area contributed by atoms with Gasteiger partial charge in [-0.15, -0.1) is 11.8 Å². The molecule has 2 aromatic rings. The topological polar surface area (TPSA) is 33.5 Å². The van der Waals surface area contributed by atoms with Crippen molar-refractivity contribution in [1.82, 2.24) is 0 Å². The van der Waals surface area contributed by atoms with Crippen LogP contribution in [0.25, 0.3) is 0 Å². The van der Waals surface area contributed by atoms with E-state index in [0.717, 1.165) is 32.6 Å². The smallest absolute Gasteiger partial charge is 0.279 e. The van der Waals surface area contributed by atoms with Crippen LogP contribution in [0.2, 0.25) is 5.02 Å². The van der Waals surface area contributed by atoms with Gasteiger partial charge in [0, 0.05) is 15.5 Å². The first-order valence-electron chi connectivity index (χ1n) is 7.07. The molecule has 5 heteroatoms. The van der Waals surface area contributed by atoms with Crippen molar-refractivity contribution in [2.24, 2.45) is 0 Å². The molecule has 22 heavy (non-hydrogen) atoms. The standard InChI is InChI=1S/C17H19ClN2OS/c1-20(11-13-6-5-7-14(18)10-13)12-17(21)19-15-8-3-4-9-16(15)22-2/h3-10H,11-12H2,1-2H3,(H,19,21)/p+1. The van der Waals surface area contributed by atoms with Gasteiger partial charge in [0.25, 0.3) is 5.91 Å². The van der Waals surface area contributed by atoms with Crippen molar-refractivity contribution in [3.8, 4) is 0 Å². The normalized spacial score (nSPS) is 12.0. The highest BCUT2D eigenvalue weighted by molar-refractivity contribution is 7.98. The summed E-state index contributed by atoms with van der Waals surface area (Å²) < 4.78 is 0. The largest absolute Gasteiger partial charge is 0.326 e. The first kappa shape index (κ1) is 16.9. The number of rotatable bonds is 6. The van der Waals surface area contributed by atoms with Crippen LogP contribution in [0.1, 0.15) is 5.56 Å². The fourth-order valence-electron chi connectivity index (χ4n) is 2.27. The number of hydrogen-bond acceptors (Lipinski definition) is 2. The van der Waals surface area contributed by atoms with Gasteiger partial charge in [0.1, 0.15) is 6.54 Å². The van der Waals surface area contributed by atoms with E-state index in [4.69, 9.17) is 11.6 Å². The van der Waals surface area contributed by atoms with Crippen molar-refractivity contribution in [3.63, 3.8) is 0 Å². The zero-order valence-corrected chi connectivity index (χ0v) is 14.3. The monoisotopic (exact) mass is 335 g/mol. The lowest BCUT2D eigenvalue weighted by Gasteiger charge is -2.15. The summed E-state index contributed by atoms with van der Waals surface area (Å²) in [5.41, 5.74) is 2.00. The summed E-state index contributed by atoms with van der Waals surface area (Å²) in [7, 11) is 2.00. The number of amides is 1. The van der Waals surface area contributed by atoms with Crippen LogP contribution in [-0.2, 0) is 11.3 Å². The van der Waals surface area contributed by atoms with E-state index >= 15 is 0 Å². The summed E-state index contributed by atoms with van der Waals surface area (Å²) in [6, 6.07) is 15.6. The Kier molecular flexibility index (Phi) is 6.31. The Bertz CT molecular complexity index is 648. The Balaban J connectivity index is 1.91. The SMILES string of the molecule is CSc1ccccc1NC(=O)C[NH+](C)Cc1cccc(Cl)c1. The average Bonchev–Trinajstić information content (AvgIpc) is 2.47. The molecule has 0 saturated heterocycles. The summed E-state index contributed by atoms with van der Waals surface area (Å²) in [5.74, 6) is 0.0148. The van der Waals surface area contributed by atoms with Crippen molar-refractivity contribution >= 4 is 35.0 Å². The molecule has 0 bridgehead atoms. The number of hydrogen-bond donors (Lipinski definition) is 2. The van der Waals surface area contributed by atoms with Crippen LogP contribution >= 0.6 is 23.4 Å². The number of carbonyl (C=O) groups excluding carboxylic acids is 1. The highest BCUT2D eigenvalue weighted by Crippen LogP contribution is 2.24. The van der Waals surface area contributed by atoms with E-state index in [-0.39, 0.29) is 5.91 Å². The minimum atomic E-state index is 0.0148. The summed E-state index contributed by atoms with van der Waals surface area (Å²) >= 11 is 7.61. The minimum absolute atomic E-state index is 0.0148. The molecule has 0 fully saturated rings. The molecule has 0 radical (unpaired) electrons. The molecule has 0 aromatic heterocycles. The number of carbonyl (C=O) groups is 1. The van der Waals surface area contributed by atoms with E-state index in [1.54, 1.807) is 11.8 Å². The van der Waals surface area contributed by atoms with Crippen molar-refractivity contribution in [1.29, 1.82) is 0 Å². The van der Waals surface area contributed by atoms with E-state index in [0.29, 0.717) is 6.54 Å². The molecular formula is C17H20ClN2OS+. The van der Waals surface area contributed by atoms with Crippen LogP contribution in [0.15, 0.2) is 53.4 Å². The Hall–Kier alpha value is -1.49. The second-order valence-corrected chi connectivity index (χ2v) is 6.47. The van der Waals surface area contributed by atoms with Gasteiger partial charge < -0.3 is 10.2 Å². The molecule has 1 amide bonds. The minimum Gasteiger partial charge on any atom is -0.326 e. The number of thioether (sulfide) groups is 1. The predicted molar refractivity (Wildman–Crippen MR) is 93.8 cm³/mol. The van der Waals surface area contributed by atoms with Gasteiger partial charge in [-0.3, -0.25) is 4.79 Å². The van der Waals surface area contributed by atoms with E-state index in [9.17, 15) is 4.79 Å². The Morgan fingerprint density at radius 3 is 2.73 bits per heavy atom. The lowest BCUT2D eigenvalue weighted by Crippen LogP contribution is -3.08. The number of halogens is 1. The van der Waals surface area contributed by atoms with Gasteiger partial charge in [0.15, 0.2) is 6.54 Å². The summed E-state index contributed by atoms with van der Waals surface area (Å²) in [4.78, 5) is 14.4. The van der Waals surface area contributed by atoms with Gasteiger partial charge in [-0.2, -0.15) is 0 Å². The van der Waals surface area contributed by atoms with Crippen molar-refractivity contribution in [2.45, 2.75) is 11.4 Å². The maximum absolute atomic E-state index is 12.2. The van der Waals surface area contributed by atoms with Crippen LogP contribution in [0, 0.1) is 0 Å². The molecular weight excluding hydrogens is 316 g/mol. The molecule has 0 spiro atoms. The molecule has 0 aliphatic rings. The Labute approximate surface area is 140 Å². The predicted octanol–water partition coefficient (Wildman–Crippen LogP) is 2.72. The first-order valence-corrected chi connectivity index (χ1v) is 8.67. The van der Waals surface area contributed by atoms with Crippen LogP contribution in [0.4, 0.5) is 5.69 Å². The van der Waals surface area contributed by atoms with Crippen molar-refractivity contribution in [2.75, 3.05) is 25.2 Å². The zero-order chi connectivity index (χ0) is 15.9. The van der Waals surface area contributed by atoms with Crippen LogP contribution in [0.3, 0.4) is 0 Å². The third kappa shape index (κ3) is 5.05. The molecule has 0 heterocycles. The molecule has 2 aromatic carbocycles. The average molecular weight is 336 g/mol. The molecule has 0 aliphatic heterocycles. The number of anilines is 1. The van der Waals surface area contributed by atoms with Crippen LogP contribution in [-0.4, -0.2) is 25.8 Å².